The number of fused-ring (bicyclic) bond motifs is 1. The fraction of sp³-hybridized carbons (Fsp3) is 0.120. The molecule has 29 heavy (non-hydrogen) atoms. The smallest absolute Gasteiger partial charge is 0.257 e. The Labute approximate surface area is 170 Å². The predicted octanol–water partition coefficient (Wildman–Crippen LogP) is 5.78. The zero-order valence-electron chi connectivity index (χ0n) is 16.7. The molecule has 0 saturated heterocycles. The first-order valence-electron chi connectivity index (χ1n) is 9.47. The van der Waals surface area contributed by atoms with E-state index in [1.165, 1.54) is 5.56 Å². The second-order valence-electron chi connectivity index (χ2n) is 7.08. The van der Waals surface area contributed by atoms with Gasteiger partial charge in [0.1, 0.15) is 5.75 Å². The van der Waals surface area contributed by atoms with Gasteiger partial charge in [0.05, 0.1) is 23.9 Å². The Kier molecular flexibility index (Phi) is 5.00. The first-order valence-corrected chi connectivity index (χ1v) is 9.47. The maximum Gasteiger partial charge on any atom is 0.257 e. The highest BCUT2D eigenvalue weighted by atomic mass is 16.5. The molecule has 3 aromatic carbocycles. The lowest BCUT2D eigenvalue weighted by Crippen LogP contribution is -2.14. The van der Waals surface area contributed by atoms with Crippen molar-refractivity contribution in [2.45, 2.75) is 13.8 Å². The minimum Gasteiger partial charge on any atom is -0.497 e. The van der Waals surface area contributed by atoms with Crippen LogP contribution in [-0.2, 0) is 0 Å². The van der Waals surface area contributed by atoms with E-state index in [-0.39, 0.29) is 5.91 Å². The predicted molar refractivity (Wildman–Crippen MR) is 118 cm³/mol. The lowest BCUT2D eigenvalue weighted by Gasteiger charge is -2.10. The van der Waals surface area contributed by atoms with Crippen molar-refractivity contribution >= 4 is 22.5 Å². The number of nitrogens with one attached hydrogen (secondary N) is 1. The number of aryl methyl sites for hydroxylation is 2. The Hall–Kier alpha value is -3.66. The average Bonchev–Trinajstić information content (AvgIpc) is 2.74. The van der Waals surface area contributed by atoms with Crippen LogP contribution in [0.2, 0.25) is 0 Å². The number of rotatable bonds is 4. The molecule has 1 N–H and O–H groups in total. The molecule has 0 radical (unpaired) electrons. The first-order chi connectivity index (χ1) is 14.0. The minimum atomic E-state index is -0.178. The second kappa shape index (κ2) is 7.76. The monoisotopic (exact) mass is 382 g/mol. The van der Waals surface area contributed by atoms with Crippen molar-refractivity contribution in [2.24, 2.45) is 0 Å². The summed E-state index contributed by atoms with van der Waals surface area (Å²) in [6, 6.07) is 23.7. The van der Waals surface area contributed by atoms with Gasteiger partial charge in [-0.3, -0.25) is 9.78 Å². The highest BCUT2D eigenvalue weighted by Crippen LogP contribution is 2.26. The molecule has 4 rings (SSSR count). The highest BCUT2D eigenvalue weighted by molar-refractivity contribution is 6.07. The number of pyridine rings is 1. The van der Waals surface area contributed by atoms with E-state index < -0.39 is 0 Å². The van der Waals surface area contributed by atoms with E-state index in [2.05, 4.69) is 53.6 Å². The molecule has 1 heterocycles. The summed E-state index contributed by atoms with van der Waals surface area (Å²) in [6.45, 7) is 3.93. The third-order valence-electron chi connectivity index (χ3n) is 4.98. The molecule has 4 nitrogen and oxygen atoms in total. The highest BCUT2D eigenvalue weighted by Gasteiger charge is 2.13. The number of methoxy groups -OCH3 is 1. The van der Waals surface area contributed by atoms with Gasteiger partial charge in [0.25, 0.3) is 5.91 Å². The number of aromatic nitrogens is 1. The Balaban J connectivity index is 1.67. The quantitative estimate of drug-likeness (QED) is 0.487. The number of hydrogen-bond donors (Lipinski definition) is 1. The van der Waals surface area contributed by atoms with Gasteiger partial charge in [-0.1, -0.05) is 35.9 Å². The fourth-order valence-electron chi connectivity index (χ4n) is 3.30. The summed E-state index contributed by atoms with van der Waals surface area (Å²) in [5.74, 6) is 0.568. The van der Waals surface area contributed by atoms with Crippen molar-refractivity contribution in [2.75, 3.05) is 12.4 Å². The molecule has 4 heteroatoms. The number of anilines is 1. The minimum absolute atomic E-state index is 0.178. The number of carbonyl (C=O) groups is 1. The van der Waals surface area contributed by atoms with Crippen LogP contribution >= 0.6 is 0 Å². The van der Waals surface area contributed by atoms with Gasteiger partial charge >= 0.3 is 0 Å². The Morgan fingerprint density at radius 2 is 1.55 bits per heavy atom. The van der Waals surface area contributed by atoms with E-state index >= 15 is 0 Å². The summed E-state index contributed by atoms with van der Waals surface area (Å²) < 4.78 is 5.16. The lowest BCUT2D eigenvalue weighted by atomic mass is 10.0. The SMILES string of the molecule is COc1ccc(NC(=O)c2cc3cc(-c4ccc(C)cc4)ccc3nc2C)cc1. The maximum absolute atomic E-state index is 12.8. The van der Waals surface area contributed by atoms with Crippen LogP contribution in [0.5, 0.6) is 5.75 Å². The molecule has 1 aromatic heterocycles. The molecule has 0 unspecified atom stereocenters. The van der Waals surface area contributed by atoms with E-state index in [1.807, 2.05) is 43.3 Å². The number of ether oxygens (including phenoxy) is 1. The standard InChI is InChI=1S/C25H22N2O2/c1-16-4-6-18(7-5-16)19-8-13-24-20(14-19)15-23(17(2)26-24)25(28)27-21-9-11-22(29-3)12-10-21/h4-15H,1-3H3,(H,27,28). The third kappa shape index (κ3) is 3.97. The Morgan fingerprint density at radius 1 is 0.862 bits per heavy atom. The summed E-state index contributed by atoms with van der Waals surface area (Å²) in [4.78, 5) is 17.5. The van der Waals surface area contributed by atoms with E-state index in [0.717, 1.165) is 27.8 Å². The van der Waals surface area contributed by atoms with E-state index in [0.29, 0.717) is 16.9 Å². The van der Waals surface area contributed by atoms with Crippen LogP contribution in [-0.4, -0.2) is 18.0 Å². The zero-order chi connectivity index (χ0) is 20.4. The van der Waals surface area contributed by atoms with Crippen LogP contribution < -0.4 is 10.1 Å². The molecule has 144 valence electrons. The Morgan fingerprint density at radius 3 is 2.24 bits per heavy atom. The van der Waals surface area contributed by atoms with Crippen molar-refractivity contribution in [3.05, 3.63) is 89.6 Å². The lowest BCUT2D eigenvalue weighted by molar-refractivity contribution is 0.102. The second-order valence-corrected chi connectivity index (χ2v) is 7.08. The first kappa shape index (κ1) is 18.7. The van der Waals surface area contributed by atoms with Gasteiger partial charge in [0.15, 0.2) is 0 Å². The summed E-state index contributed by atoms with van der Waals surface area (Å²) in [5.41, 5.74) is 6.32. The summed E-state index contributed by atoms with van der Waals surface area (Å²) in [6.07, 6.45) is 0. The van der Waals surface area contributed by atoms with Crippen molar-refractivity contribution in [3.8, 4) is 16.9 Å². The Bertz CT molecular complexity index is 1180. The molecular formula is C25H22N2O2. The number of hydrogen-bond acceptors (Lipinski definition) is 3. The van der Waals surface area contributed by atoms with Crippen LogP contribution in [0.15, 0.2) is 72.8 Å². The van der Waals surface area contributed by atoms with Crippen molar-refractivity contribution in [1.82, 2.24) is 4.98 Å². The summed E-state index contributed by atoms with van der Waals surface area (Å²) >= 11 is 0. The summed E-state index contributed by atoms with van der Waals surface area (Å²) in [7, 11) is 1.61. The fourth-order valence-corrected chi connectivity index (χ4v) is 3.30. The van der Waals surface area contributed by atoms with Crippen molar-refractivity contribution < 1.29 is 9.53 Å². The topological polar surface area (TPSA) is 51.2 Å². The van der Waals surface area contributed by atoms with Gasteiger partial charge in [-0.15, -0.1) is 0 Å². The number of benzene rings is 3. The van der Waals surface area contributed by atoms with Gasteiger partial charge < -0.3 is 10.1 Å². The molecule has 0 spiro atoms. The zero-order valence-corrected chi connectivity index (χ0v) is 16.7. The van der Waals surface area contributed by atoms with Crippen molar-refractivity contribution in [1.29, 1.82) is 0 Å². The van der Waals surface area contributed by atoms with Crippen LogP contribution in [0, 0.1) is 13.8 Å². The van der Waals surface area contributed by atoms with Gasteiger partial charge in [-0.2, -0.15) is 0 Å². The summed E-state index contributed by atoms with van der Waals surface area (Å²) in [5, 5.41) is 3.87. The van der Waals surface area contributed by atoms with Crippen LogP contribution in [0.25, 0.3) is 22.0 Å². The molecule has 0 bridgehead atoms. The molecule has 0 saturated carbocycles. The number of amides is 1. The van der Waals surface area contributed by atoms with Gasteiger partial charge in [0.2, 0.25) is 0 Å². The van der Waals surface area contributed by atoms with E-state index in [9.17, 15) is 4.79 Å². The van der Waals surface area contributed by atoms with Crippen LogP contribution in [0.3, 0.4) is 0 Å². The molecule has 1 amide bonds. The van der Waals surface area contributed by atoms with Gasteiger partial charge in [-0.25, -0.2) is 0 Å². The molecule has 0 atom stereocenters. The normalized spacial score (nSPS) is 10.7. The molecule has 4 aromatic rings. The van der Waals surface area contributed by atoms with Crippen LogP contribution in [0.4, 0.5) is 5.69 Å². The molecule has 0 aliphatic heterocycles. The number of carbonyl (C=O) groups excluding carboxylic acids is 1. The average molecular weight is 382 g/mol. The largest absolute Gasteiger partial charge is 0.497 e. The molecule has 0 aliphatic carbocycles. The molecular weight excluding hydrogens is 360 g/mol. The van der Waals surface area contributed by atoms with Crippen molar-refractivity contribution in [3.63, 3.8) is 0 Å². The van der Waals surface area contributed by atoms with Gasteiger partial charge in [0, 0.05) is 11.1 Å². The van der Waals surface area contributed by atoms with E-state index in [4.69, 9.17) is 4.74 Å². The van der Waals surface area contributed by atoms with Gasteiger partial charge in [-0.05, 0) is 67.4 Å². The molecule has 0 aliphatic rings. The van der Waals surface area contributed by atoms with Crippen LogP contribution in [0.1, 0.15) is 21.6 Å². The number of nitrogens with zero attached hydrogens (tertiary/aromatic N) is 1. The maximum atomic E-state index is 12.8. The third-order valence-corrected chi connectivity index (χ3v) is 4.98. The molecule has 0 fully saturated rings. The van der Waals surface area contributed by atoms with E-state index in [1.54, 1.807) is 7.11 Å².